The summed E-state index contributed by atoms with van der Waals surface area (Å²) in [5, 5.41) is 15.6. The topological polar surface area (TPSA) is 91.2 Å². The second-order valence-electron chi connectivity index (χ2n) is 7.07. The fraction of sp³-hybridized carbons (Fsp3) is 0.273. The van der Waals surface area contributed by atoms with Crippen LogP contribution in [0.15, 0.2) is 59.8 Å². The van der Waals surface area contributed by atoms with Crippen LogP contribution >= 0.6 is 11.6 Å². The Labute approximate surface area is 184 Å². The van der Waals surface area contributed by atoms with E-state index in [1.807, 2.05) is 55.5 Å². The van der Waals surface area contributed by atoms with E-state index in [4.69, 9.17) is 21.1 Å². The Kier molecular flexibility index (Phi) is 6.18. The van der Waals surface area contributed by atoms with Crippen molar-refractivity contribution >= 4 is 23.5 Å². The minimum Gasteiger partial charge on any atom is -0.488 e. The number of nitrogens with one attached hydrogen (secondary N) is 1. The van der Waals surface area contributed by atoms with Gasteiger partial charge in [0.25, 0.3) is 0 Å². The number of aromatic nitrogens is 4. The Bertz CT molecular complexity index is 1130. The van der Waals surface area contributed by atoms with E-state index in [1.165, 1.54) is 0 Å². The number of anilines is 1. The van der Waals surface area contributed by atoms with Gasteiger partial charge in [-0.1, -0.05) is 60.0 Å². The number of carbonyl (C=O) groups excluding carboxylic acids is 1. The molecule has 160 valence electrons. The average molecular weight is 440 g/mol. The number of hydrogen-bond acceptors (Lipinski definition) is 7. The molecular formula is C22H22ClN5O3. The van der Waals surface area contributed by atoms with E-state index in [9.17, 15) is 4.79 Å². The number of para-hydroxylation sites is 1. The van der Waals surface area contributed by atoms with Crippen molar-refractivity contribution in [1.82, 2.24) is 20.2 Å². The summed E-state index contributed by atoms with van der Waals surface area (Å²) in [6.07, 6.45) is 0.726. The fourth-order valence-electron chi connectivity index (χ4n) is 3.45. The molecule has 0 amide bonds. The molecule has 4 rings (SSSR count). The molecule has 1 unspecified atom stereocenters. The molecule has 2 heterocycles. The van der Waals surface area contributed by atoms with Gasteiger partial charge in [0.05, 0.1) is 12.2 Å². The van der Waals surface area contributed by atoms with Crippen molar-refractivity contribution in [2.75, 3.05) is 11.9 Å². The van der Waals surface area contributed by atoms with Crippen molar-refractivity contribution in [3.05, 3.63) is 76.0 Å². The van der Waals surface area contributed by atoms with Crippen molar-refractivity contribution in [3.63, 3.8) is 0 Å². The number of esters is 1. The molecule has 0 aliphatic carbocycles. The molecular weight excluding hydrogens is 418 g/mol. The molecule has 31 heavy (non-hydrogen) atoms. The zero-order valence-corrected chi connectivity index (χ0v) is 18.0. The van der Waals surface area contributed by atoms with Crippen LogP contribution in [0.5, 0.6) is 5.75 Å². The number of fused-ring (bicyclic) bond motifs is 1. The van der Waals surface area contributed by atoms with Gasteiger partial charge in [0.1, 0.15) is 18.4 Å². The summed E-state index contributed by atoms with van der Waals surface area (Å²) in [7, 11) is 0. The summed E-state index contributed by atoms with van der Waals surface area (Å²) >= 11 is 6.28. The first-order chi connectivity index (χ1) is 15.1. The van der Waals surface area contributed by atoms with Crippen molar-refractivity contribution in [2.24, 2.45) is 0 Å². The van der Waals surface area contributed by atoms with Crippen LogP contribution in [0.1, 0.15) is 37.4 Å². The predicted octanol–water partition coefficient (Wildman–Crippen LogP) is 4.15. The first-order valence-electron chi connectivity index (χ1n) is 9.98. The summed E-state index contributed by atoms with van der Waals surface area (Å²) in [6, 6.07) is 14.4. The van der Waals surface area contributed by atoms with Crippen LogP contribution in [0.4, 0.5) is 5.95 Å². The number of rotatable bonds is 7. The molecule has 9 heteroatoms. The summed E-state index contributed by atoms with van der Waals surface area (Å²) in [6.45, 7) is 4.36. The highest BCUT2D eigenvalue weighted by molar-refractivity contribution is 6.31. The molecule has 0 radical (unpaired) electrons. The quantitative estimate of drug-likeness (QED) is 0.553. The number of tetrazole rings is 1. The van der Waals surface area contributed by atoms with Gasteiger partial charge < -0.3 is 14.8 Å². The lowest BCUT2D eigenvalue weighted by Gasteiger charge is -2.28. The zero-order valence-electron chi connectivity index (χ0n) is 17.2. The Morgan fingerprint density at radius 3 is 2.77 bits per heavy atom. The van der Waals surface area contributed by atoms with E-state index in [-0.39, 0.29) is 6.61 Å². The van der Waals surface area contributed by atoms with Crippen LogP contribution in [-0.2, 0) is 16.1 Å². The van der Waals surface area contributed by atoms with E-state index in [1.54, 1.807) is 11.6 Å². The van der Waals surface area contributed by atoms with Crippen molar-refractivity contribution in [2.45, 2.75) is 32.9 Å². The smallest absolute Gasteiger partial charge is 0.338 e. The van der Waals surface area contributed by atoms with E-state index in [0.29, 0.717) is 34.6 Å². The maximum Gasteiger partial charge on any atom is 0.338 e. The second-order valence-corrected chi connectivity index (χ2v) is 7.47. The summed E-state index contributed by atoms with van der Waals surface area (Å²) in [5.74, 6) is 0.624. The Hall–Kier alpha value is -3.39. The average Bonchev–Trinajstić information content (AvgIpc) is 3.24. The van der Waals surface area contributed by atoms with E-state index >= 15 is 0 Å². The van der Waals surface area contributed by atoms with Gasteiger partial charge in [0, 0.05) is 21.8 Å². The molecule has 0 saturated heterocycles. The highest BCUT2D eigenvalue weighted by Crippen LogP contribution is 2.39. The van der Waals surface area contributed by atoms with Crippen LogP contribution in [0, 0.1) is 0 Å². The Balaban J connectivity index is 1.73. The zero-order chi connectivity index (χ0) is 21.8. The lowest BCUT2D eigenvalue weighted by Crippen LogP contribution is -2.30. The fourth-order valence-corrected chi connectivity index (χ4v) is 3.64. The van der Waals surface area contributed by atoms with Gasteiger partial charge in [-0.3, -0.25) is 0 Å². The first kappa shape index (κ1) is 20.9. The van der Waals surface area contributed by atoms with Crippen LogP contribution in [0.3, 0.4) is 0 Å². The summed E-state index contributed by atoms with van der Waals surface area (Å²) < 4.78 is 13.1. The summed E-state index contributed by atoms with van der Waals surface area (Å²) in [4.78, 5) is 13.0. The minimum atomic E-state index is -0.599. The van der Waals surface area contributed by atoms with Gasteiger partial charge in [0.2, 0.25) is 5.95 Å². The number of allylic oxidation sites excluding steroid dienone is 1. The molecule has 8 nitrogen and oxygen atoms in total. The molecule has 1 aliphatic rings. The van der Waals surface area contributed by atoms with Crippen LogP contribution in [0.25, 0.3) is 0 Å². The van der Waals surface area contributed by atoms with Crippen LogP contribution in [-0.4, -0.2) is 32.8 Å². The molecule has 1 N–H and O–H groups in total. The van der Waals surface area contributed by atoms with Gasteiger partial charge in [-0.05, 0) is 35.9 Å². The van der Waals surface area contributed by atoms with Crippen LogP contribution < -0.4 is 10.1 Å². The number of carbonyl (C=O) groups is 1. The molecule has 1 aromatic heterocycles. The minimum absolute atomic E-state index is 0.280. The highest BCUT2D eigenvalue weighted by atomic mass is 35.5. The predicted molar refractivity (Wildman–Crippen MR) is 116 cm³/mol. The highest BCUT2D eigenvalue weighted by Gasteiger charge is 2.36. The molecule has 1 atom stereocenters. The lowest BCUT2D eigenvalue weighted by molar-refractivity contribution is -0.139. The van der Waals surface area contributed by atoms with Gasteiger partial charge in [-0.25, -0.2) is 4.79 Å². The van der Waals surface area contributed by atoms with Crippen LogP contribution in [0.2, 0.25) is 5.02 Å². The molecule has 2 aromatic carbocycles. The maximum atomic E-state index is 13.0. The monoisotopic (exact) mass is 439 g/mol. The lowest BCUT2D eigenvalue weighted by atomic mass is 9.95. The first-order valence-corrected chi connectivity index (χ1v) is 10.4. The molecule has 0 bridgehead atoms. The summed E-state index contributed by atoms with van der Waals surface area (Å²) in [5.41, 5.74) is 2.67. The number of ether oxygens (including phenoxy) is 2. The molecule has 1 aliphatic heterocycles. The third kappa shape index (κ3) is 4.25. The normalized spacial score (nSPS) is 15.3. The van der Waals surface area contributed by atoms with E-state index < -0.39 is 12.0 Å². The van der Waals surface area contributed by atoms with E-state index in [2.05, 4.69) is 20.8 Å². The van der Waals surface area contributed by atoms with Gasteiger partial charge in [-0.15, -0.1) is 0 Å². The van der Waals surface area contributed by atoms with Crippen molar-refractivity contribution in [1.29, 1.82) is 0 Å². The third-order valence-corrected chi connectivity index (χ3v) is 5.29. The number of hydrogen-bond donors (Lipinski definition) is 1. The van der Waals surface area contributed by atoms with Gasteiger partial charge in [0.15, 0.2) is 0 Å². The molecule has 0 fully saturated rings. The molecule has 0 saturated carbocycles. The molecule has 3 aromatic rings. The maximum absolute atomic E-state index is 13.0. The second kappa shape index (κ2) is 9.18. The van der Waals surface area contributed by atoms with Gasteiger partial charge in [-0.2, -0.15) is 4.68 Å². The van der Waals surface area contributed by atoms with Crippen molar-refractivity contribution < 1.29 is 14.3 Å². The molecule has 0 spiro atoms. The number of halogens is 1. The van der Waals surface area contributed by atoms with Crippen molar-refractivity contribution in [3.8, 4) is 5.75 Å². The van der Waals surface area contributed by atoms with E-state index in [0.717, 1.165) is 17.5 Å². The SMILES string of the molecule is CCCOC(=O)C1=C(C)Nc2nnnn2C1c1ccccc1OCc1ccccc1Cl. The number of nitrogens with zero attached hydrogens (tertiary/aromatic N) is 4. The third-order valence-electron chi connectivity index (χ3n) is 4.93. The van der Waals surface area contributed by atoms with Gasteiger partial charge >= 0.3 is 5.97 Å². The standard InChI is InChI=1S/C22H22ClN5O3/c1-3-12-30-21(29)19-14(2)24-22-25-26-27-28(22)20(19)16-9-5-7-11-18(16)31-13-15-8-4-6-10-17(15)23/h4-11,20H,3,12-13H2,1-2H3,(H,24,25,27). The largest absolute Gasteiger partial charge is 0.488 e. The Morgan fingerprint density at radius 1 is 1.19 bits per heavy atom. The number of benzene rings is 2. The Morgan fingerprint density at radius 2 is 1.97 bits per heavy atom.